The number of rotatable bonds is 4. The first-order valence-electron chi connectivity index (χ1n) is 5.47. The molecular weight excluding hydrogens is 170 g/mol. The quantitative estimate of drug-likeness (QED) is 0.680. The van der Waals surface area contributed by atoms with E-state index < -0.39 is 0 Å². The van der Waals surface area contributed by atoms with Crippen molar-refractivity contribution in [2.75, 3.05) is 0 Å². The minimum absolute atomic E-state index is 0.0736. The summed E-state index contributed by atoms with van der Waals surface area (Å²) in [7, 11) is 0. The fourth-order valence-electron chi connectivity index (χ4n) is 1.84. The van der Waals surface area contributed by atoms with Crippen LogP contribution in [0.2, 0.25) is 0 Å². The van der Waals surface area contributed by atoms with Gasteiger partial charge in [0.15, 0.2) is 0 Å². The van der Waals surface area contributed by atoms with Crippen molar-refractivity contribution in [1.82, 2.24) is 0 Å². The van der Waals surface area contributed by atoms with Crippen LogP contribution in [0.15, 0.2) is 23.8 Å². The Labute approximate surface area is 88.1 Å². The number of hydrogen-bond acceptors (Lipinski definition) is 1. The van der Waals surface area contributed by atoms with Crippen molar-refractivity contribution in [3.05, 3.63) is 23.8 Å². The molecule has 1 rings (SSSR count). The fourth-order valence-corrected chi connectivity index (χ4v) is 1.84. The van der Waals surface area contributed by atoms with Crippen LogP contribution in [0.3, 0.4) is 0 Å². The largest absolute Gasteiger partial charge is 0.324 e. The molecule has 0 saturated heterocycles. The molecule has 1 aliphatic rings. The maximum Gasteiger partial charge on any atom is 0.0247 e. The highest BCUT2D eigenvalue weighted by Crippen LogP contribution is 2.55. The molecule has 0 radical (unpaired) electrons. The molecule has 80 valence electrons. The van der Waals surface area contributed by atoms with Gasteiger partial charge in [0.2, 0.25) is 0 Å². The molecule has 1 heteroatoms. The molecular formula is C13H23N. The highest BCUT2D eigenvalue weighted by atomic mass is 14.9. The highest BCUT2D eigenvalue weighted by molar-refractivity contribution is 5.19. The normalized spacial score (nSPS) is 31.1. The summed E-state index contributed by atoms with van der Waals surface area (Å²) in [5.41, 5.74) is 8.09. The Morgan fingerprint density at radius 2 is 2.00 bits per heavy atom. The Bertz CT molecular complexity index is 260. The van der Waals surface area contributed by atoms with Gasteiger partial charge < -0.3 is 5.73 Å². The minimum atomic E-state index is 0.0736. The third-order valence-corrected chi connectivity index (χ3v) is 3.47. The van der Waals surface area contributed by atoms with E-state index in [4.69, 9.17) is 5.73 Å². The molecule has 1 nitrogen and oxygen atoms in total. The van der Waals surface area contributed by atoms with Gasteiger partial charge in [-0.25, -0.2) is 0 Å². The Balaban J connectivity index is 2.40. The SMILES string of the molecule is C/C=C\C/C(C)=C/C[C@]1(N)CC1(C)C. The van der Waals surface area contributed by atoms with E-state index in [-0.39, 0.29) is 5.54 Å². The van der Waals surface area contributed by atoms with Crippen LogP contribution in [-0.2, 0) is 0 Å². The zero-order chi connectivity index (χ0) is 10.8. The van der Waals surface area contributed by atoms with E-state index >= 15 is 0 Å². The summed E-state index contributed by atoms with van der Waals surface area (Å²) in [6, 6.07) is 0. The van der Waals surface area contributed by atoms with E-state index in [0.717, 1.165) is 19.3 Å². The molecule has 0 aromatic carbocycles. The van der Waals surface area contributed by atoms with Crippen LogP contribution in [-0.4, -0.2) is 5.54 Å². The van der Waals surface area contributed by atoms with Gasteiger partial charge in [0.05, 0.1) is 0 Å². The molecule has 0 aromatic rings. The van der Waals surface area contributed by atoms with E-state index in [1.54, 1.807) is 0 Å². The van der Waals surface area contributed by atoms with Gasteiger partial charge in [-0.3, -0.25) is 0 Å². The van der Waals surface area contributed by atoms with Crippen LogP contribution in [0, 0.1) is 5.41 Å². The summed E-state index contributed by atoms with van der Waals surface area (Å²) in [4.78, 5) is 0. The van der Waals surface area contributed by atoms with Crippen molar-refractivity contribution in [3.63, 3.8) is 0 Å². The van der Waals surface area contributed by atoms with E-state index in [1.807, 2.05) is 0 Å². The third kappa shape index (κ3) is 2.48. The second kappa shape index (κ2) is 3.90. The van der Waals surface area contributed by atoms with Crippen molar-refractivity contribution in [1.29, 1.82) is 0 Å². The summed E-state index contributed by atoms with van der Waals surface area (Å²) in [5, 5.41) is 0. The van der Waals surface area contributed by atoms with E-state index in [1.165, 1.54) is 5.57 Å². The lowest BCUT2D eigenvalue weighted by Crippen LogP contribution is -2.27. The maximum atomic E-state index is 6.24. The molecule has 2 N–H and O–H groups in total. The summed E-state index contributed by atoms with van der Waals surface area (Å²) in [5.74, 6) is 0. The van der Waals surface area contributed by atoms with Gasteiger partial charge in [0, 0.05) is 5.54 Å². The van der Waals surface area contributed by atoms with Crippen molar-refractivity contribution in [2.24, 2.45) is 11.1 Å². The van der Waals surface area contributed by atoms with Crippen LogP contribution < -0.4 is 5.73 Å². The molecule has 1 aliphatic carbocycles. The first-order valence-corrected chi connectivity index (χ1v) is 5.47. The van der Waals surface area contributed by atoms with E-state index in [9.17, 15) is 0 Å². The summed E-state index contributed by atoms with van der Waals surface area (Å²) < 4.78 is 0. The average molecular weight is 193 g/mol. The summed E-state index contributed by atoms with van der Waals surface area (Å²) >= 11 is 0. The highest BCUT2D eigenvalue weighted by Gasteiger charge is 2.57. The minimum Gasteiger partial charge on any atom is -0.324 e. The molecule has 0 amide bonds. The van der Waals surface area contributed by atoms with Crippen molar-refractivity contribution >= 4 is 0 Å². The second-order valence-electron chi connectivity index (χ2n) is 5.24. The van der Waals surface area contributed by atoms with Crippen LogP contribution in [0.25, 0.3) is 0 Å². The van der Waals surface area contributed by atoms with Gasteiger partial charge in [-0.15, -0.1) is 0 Å². The zero-order valence-electron chi connectivity index (χ0n) is 9.93. The molecule has 1 saturated carbocycles. The maximum absolute atomic E-state index is 6.24. The predicted octanol–water partition coefficient (Wildman–Crippen LogP) is 3.42. The molecule has 0 bridgehead atoms. The zero-order valence-corrected chi connectivity index (χ0v) is 9.93. The van der Waals surface area contributed by atoms with E-state index in [2.05, 4.69) is 45.9 Å². The van der Waals surface area contributed by atoms with Crippen LogP contribution in [0.5, 0.6) is 0 Å². The van der Waals surface area contributed by atoms with Crippen molar-refractivity contribution < 1.29 is 0 Å². The summed E-state index contributed by atoms with van der Waals surface area (Å²) in [6.07, 6.45) is 9.84. The van der Waals surface area contributed by atoms with Gasteiger partial charge >= 0.3 is 0 Å². The first-order chi connectivity index (χ1) is 6.41. The van der Waals surface area contributed by atoms with Crippen molar-refractivity contribution in [2.45, 2.75) is 52.5 Å². The van der Waals surface area contributed by atoms with Crippen LogP contribution in [0.4, 0.5) is 0 Å². The lowest BCUT2D eigenvalue weighted by Gasteiger charge is -2.12. The number of allylic oxidation sites excluding steroid dienone is 3. The molecule has 0 heterocycles. The first kappa shape index (κ1) is 11.5. The Hall–Kier alpha value is -0.560. The molecule has 0 unspecified atom stereocenters. The lowest BCUT2D eigenvalue weighted by atomic mass is 10.0. The smallest absolute Gasteiger partial charge is 0.0247 e. The topological polar surface area (TPSA) is 26.0 Å². The fraction of sp³-hybridized carbons (Fsp3) is 0.692. The van der Waals surface area contributed by atoms with Crippen LogP contribution in [0.1, 0.15) is 47.0 Å². The number of nitrogens with two attached hydrogens (primary N) is 1. The van der Waals surface area contributed by atoms with Gasteiger partial charge in [0.1, 0.15) is 0 Å². The third-order valence-electron chi connectivity index (χ3n) is 3.47. The molecule has 14 heavy (non-hydrogen) atoms. The number of hydrogen-bond donors (Lipinski definition) is 1. The Morgan fingerprint density at radius 1 is 1.43 bits per heavy atom. The molecule has 1 fully saturated rings. The van der Waals surface area contributed by atoms with Gasteiger partial charge in [-0.2, -0.15) is 0 Å². The van der Waals surface area contributed by atoms with Gasteiger partial charge in [-0.05, 0) is 38.5 Å². The monoisotopic (exact) mass is 193 g/mol. The standard InChI is InChI=1S/C13H23N/c1-5-6-7-11(2)8-9-13(14)10-12(13,3)4/h5-6,8H,7,9-10,14H2,1-4H3/b6-5-,11-8+/t13-/m0/s1. The summed E-state index contributed by atoms with van der Waals surface area (Å²) in [6.45, 7) is 8.74. The van der Waals surface area contributed by atoms with Crippen LogP contribution >= 0.6 is 0 Å². The van der Waals surface area contributed by atoms with E-state index in [0.29, 0.717) is 5.41 Å². The molecule has 0 aromatic heterocycles. The van der Waals surface area contributed by atoms with Gasteiger partial charge in [0.25, 0.3) is 0 Å². The molecule has 0 aliphatic heterocycles. The van der Waals surface area contributed by atoms with Gasteiger partial charge in [-0.1, -0.05) is 37.6 Å². The average Bonchev–Trinajstić information content (AvgIpc) is 2.59. The lowest BCUT2D eigenvalue weighted by molar-refractivity contribution is 0.495. The molecule has 0 spiro atoms. The Kier molecular flexibility index (Phi) is 3.20. The Morgan fingerprint density at radius 3 is 2.43 bits per heavy atom. The molecule has 1 atom stereocenters. The second-order valence-corrected chi connectivity index (χ2v) is 5.24. The van der Waals surface area contributed by atoms with Crippen molar-refractivity contribution in [3.8, 4) is 0 Å². The predicted molar refractivity (Wildman–Crippen MR) is 63.1 cm³/mol.